The normalized spacial score (nSPS) is 13.1. The molecule has 14 heavy (non-hydrogen) atoms. The molecule has 0 radical (unpaired) electrons. The van der Waals surface area contributed by atoms with Gasteiger partial charge in [0.1, 0.15) is 0 Å². The predicted octanol–water partition coefficient (Wildman–Crippen LogP) is 1.83. The molecule has 0 aromatic carbocycles. The molecule has 0 amide bonds. The summed E-state index contributed by atoms with van der Waals surface area (Å²) in [7, 11) is -0.525. The van der Waals surface area contributed by atoms with Crippen molar-refractivity contribution in [2.45, 2.75) is 32.0 Å². The van der Waals surface area contributed by atoms with Crippen molar-refractivity contribution in [2.75, 3.05) is 14.2 Å². The average molecular weight is 252 g/mol. The van der Waals surface area contributed by atoms with Gasteiger partial charge in [0, 0.05) is 14.2 Å². The molecule has 0 aliphatic carbocycles. The second kappa shape index (κ2) is 5.77. The maximum absolute atomic E-state index is 5.81. The van der Waals surface area contributed by atoms with Gasteiger partial charge in [0.05, 0.1) is 0 Å². The van der Waals surface area contributed by atoms with Crippen molar-refractivity contribution in [3.8, 4) is 0 Å². The standard InChI is InChI=1S/2C3H9O2Si.CH3.Al/c2*1-5-6(2,3)4;;/h2*1-3H3;1H3;/q2*-1;;+2. The fourth-order valence-corrected chi connectivity index (χ4v) is 8.71. The van der Waals surface area contributed by atoms with Crippen LogP contribution in [0.25, 0.3) is 0 Å². The summed E-state index contributed by atoms with van der Waals surface area (Å²) in [5.74, 6) is 2.02. The summed E-state index contributed by atoms with van der Waals surface area (Å²) < 4.78 is 22.2. The Labute approximate surface area is 94.1 Å². The Hall–Kier alpha value is 0.806. The van der Waals surface area contributed by atoms with Gasteiger partial charge in [-0.15, -0.1) is 0 Å². The van der Waals surface area contributed by atoms with Crippen LogP contribution in [-0.2, 0) is 15.8 Å². The zero-order chi connectivity index (χ0) is 11.4. The average Bonchev–Trinajstić information content (AvgIpc) is 2.02. The first-order valence-electron chi connectivity index (χ1n) is 4.68. The molecule has 0 atom stereocenters. The van der Waals surface area contributed by atoms with Crippen LogP contribution in [0.3, 0.4) is 0 Å². The van der Waals surface area contributed by atoms with E-state index >= 15 is 0 Å². The second-order valence-corrected chi connectivity index (χ2v) is 13.4. The Morgan fingerprint density at radius 1 is 0.786 bits per heavy atom. The van der Waals surface area contributed by atoms with Crippen molar-refractivity contribution in [1.82, 2.24) is 0 Å². The van der Waals surface area contributed by atoms with Gasteiger partial charge in [0.25, 0.3) is 0 Å². The third kappa shape index (κ3) is 6.32. The maximum atomic E-state index is 5.81. The van der Waals surface area contributed by atoms with Crippen LogP contribution in [-0.4, -0.2) is 46.2 Å². The van der Waals surface area contributed by atoms with Crippen LogP contribution >= 0.6 is 0 Å². The minimum Gasteiger partial charge on any atom is -0.503 e. The fraction of sp³-hybridized carbons (Fsp3) is 1.00. The molecule has 0 aliphatic heterocycles. The van der Waals surface area contributed by atoms with E-state index in [0.717, 1.165) is 0 Å². The van der Waals surface area contributed by atoms with E-state index in [2.05, 4.69) is 0 Å². The monoisotopic (exact) mass is 252 g/mol. The molecule has 0 spiro atoms. The molecule has 0 unspecified atom stereocenters. The van der Waals surface area contributed by atoms with Gasteiger partial charge < -0.3 is 15.8 Å². The molecule has 0 saturated carbocycles. The zero-order valence-corrected chi connectivity index (χ0v) is 13.4. The second-order valence-electron chi connectivity index (χ2n) is 4.01. The molecule has 84 valence electrons. The molecule has 0 N–H and O–H groups in total. The Morgan fingerprint density at radius 3 is 1.29 bits per heavy atom. The van der Waals surface area contributed by atoms with Crippen molar-refractivity contribution in [3.05, 3.63) is 0 Å². The molecule has 0 saturated heterocycles. The summed E-state index contributed by atoms with van der Waals surface area (Å²) in [6, 6.07) is 0. The molecule has 7 heteroatoms. The van der Waals surface area contributed by atoms with Gasteiger partial charge in [-0.2, -0.15) is 0 Å². The van der Waals surface area contributed by atoms with Crippen LogP contribution in [0.15, 0.2) is 0 Å². The van der Waals surface area contributed by atoms with E-state index in [1.807, 2.05) is 32.0 Å². The van der Waals surface area contributed by atoms with Crippen molar-refractivity contribution in [3.63, 3.8) is 0 Å². The fourth-order valence-electron chi connectivity index (χ4n) is 0.920. The molecule has 0 rings (SSSR count). The minimum absolute atomic E-state index is 1.61. The lowest BCUT2D eigenvalue weighted by atomic mass is 11.8. The first kappa shape index (κ1) is 14.8. The molecule has 0 aromatic heterocycles. The van der Waals surface area contributed by atoms with Crippen molar-refractivity contribution < 1.29 is 15.8 Å². The first-order chi connectivity index (χ1) is 6.22. The predicted molar refractivity (Wildman–Crippen MR) is 62.8 cm³/mol. The SMILES string of the molecule is CO[Si](C)(C)[O][Al]([CH3])[O][Si](C)(C)OC. The van der Waals surface area contributed by atoms with Gasteiger partial charge in [-0.1, -0.05) is 5.79 Å². The van der Waals surface area contributed by atoms with Gasteiger partial charge in [0.15, 0.2) is 0 Å². The van der Waals surface area contributed by atoms with Gasteiger partial charge in [0.2, 0.25) is 0 Å². The van der Waals surface area contributed by atoms with E-state index in [4.69, 9.17) is 15.8 Å². The molecule has 0 heterocycles. The third-order valence-electron chi connectivity index (χ3n) is 1.88. The van der Waals surface area contributed by atoms with E-state index in [9.17, 15) is 0 Å². The number of hydrogen-bond donors (Lipinski definition) is 0. The highest BCUT2D eigenvalue weighted by Crippen LogP contribution is 2.12. The van der Waals surface area contributed by atoms with Crippen molar-refractivity contribution in [2.24, 2.45) is 0 Å². The van der Waals surface area contributed by atoms with Gasteiger partial charge in [-0.3, -0.25) is 0 Å². The lowest BCUT2D eigenvalue weighted by Crippen LogP contribution is -2.46. The van der Waals surface area contributed by atoms with Gasteiger partial charge in [-0.25, -0.2) is 0 Å². The quantitative estimate of drug-likeness (QED) is 0.676. The molecule has 0 fully saturated rings. The summed E-state index contributed by atoms with van der Waals surface area (Å²) in [6.45, 7) is 8.06. The molecular formula is C7H21AlO4Si2. The van der Waals surface area contributed by atoms with Crippen LogP contribution in [0.2, 0.25) is 32.0 Å². The maximum Gasteiger partial charge on any atom is 0.651 e. The Kier molecular flexibility index (Phi) is 6.10. The zero-order valence-electron chi connectivity index (χ0n) is 10.2. The summed E-state index contributed by atoms with van der Waals surface area (Å²) in [5.41, 5.74) is 0. The highest BCUT2D eigenvalue weighted by molar-refractivity contribution is 6.76. The number of hydrogen-bond acceptors (Lipinski definition) is 4. The van der Waals surface area contributed by atoms with E-state index in [0.29, 0.717) is 0 Å². The Balaban J connectivity index is 4.04. The molecule has 0 bridgehead atoms. The van der Waals surface area contributed by atoms with Crippen molar-refractivity contribution in [1.29, 1.82) is 0 Å². The highest BCUT2D eigenvalue weighted by Gasteiger charge is 2.36. The van der Waals surface area contributed by atoms with E-state index in [-0.39, 0.29) is 0 Å². The van der Waals surface area contributed by atoms with E-state index < -0.39 is 31.9 Å². The largest absolute Gasteiger partial charge is 0.651 e. The van der Waals surface area contributed by atoms with Crippen molar-refractivity contribution >= 4 is 31.9 Å². The van der Waals surface area contributed by atoms with Crippen LogP contribution in [0, 0.1) is 0 Å². The topological polar surface area (TPSA) is 36.9 Å². The Bertz CT molecular complexity index is 159. The third-order valence-corrected chi connectivity index (χ3v) is 11.0. The highest BCUT2D eigenvalue weighted by atomic mass is 28.4. The minimum atomic E-state index is -1.95. The van der Waals surface area contributed by atoms with Crippen LogP contribution < -0.4 is 0 Å². The summed E-state index contributed by atoms with van der Waals surface area (Å²) >= 11 is -1.61. The summed E-state index contributed by atoms with van der Waals surface area (Å²) in [6.07, 6.45) is 0. The lowest BCUT2D eigenvalue weighted by Gasteiger charge is -2.28. The summed E-state index contributed by atoms with van der Waals surface area (Å²) in [4.78, 5) is 0. The first-order valence-corrected chi connectivity index (χ1v) is 12.4. The molecule has 4 nitrogen and oxygen atoms in total. The van der Waals surface area contributed by atoms with E-state index in [1.165, 1.54) is 0 Å². The van der Waals surface area contributed by atoms with Crippen LogP contribution in [0.5, 0.6) is 0 Å². The lowest BCUT2D eigenvalue weighted by molar-refractivity contribution is 0.262. The van der Waals surface area contributed by atoms with Crippen LogP contribution in [0.4, 0.5) is 0 Å². The molecule has 0 aromatic rings. The van der Waals surface area contributed by atoms with Gasteiger partial charge >= 0.3 is 31.9 Å². The van der Waals surface area contributed by atoms with Crippen LogP contribution in [0.1, 0.15) is 0 Å². The van der Waals surface area contributed by atoms with E-state index in [1.54, 1.807) is 14.2 Å². The molecule has 0 aliphatic rings. The Morgan fingerprint density at radius 2 is 1.07 bits per heavy atom. The smallest absolute Gasteiger partial charge is 0.503 e. The van der Waals surface area contributed by atoms with Gasteiger partial charge in [-0.05, 0) is 26.2 Å². The molecular weight excluding hydrogens is 231 g/mol. The number of rotatable bonds is 6. The summed E-state index contributed by atoms with van der Waals surface area (Å²) in [5, 5.41) is 0.